The lowest BCUT2D eigenvalue weighted by molar-refractivity contribution is 0.415. The van der Waals surface area contributed by atoms with Gasteiger partial charge in [0.1, 0.15) is 11.2 Å². The van der Waals surface area contributed by atoms with E-state index in [0.29, 0.717) is 0 Å². The van der Waals surface area contributed by atoms with Crippen molar-refractivity contribution in [1.82, 2.24) is 0 Å². The minimum Gasteiger partial charge on any atom is -0.497 e. The van der Waals surface area contributed by atoms with E-state index in [9.17, 15) is 0 Å². The lowest BCUT2D eigenvalue weighted by atomic mass is 10.3. The molecule has 0 spiro atoms. The van der Waals surface area contributed by atoms with E-state index in [-0.39, 0.29) is 5.50 Å². The second-order valence-corrected chi connectivity index (χ2v) is 3.94. The maximum Gasteiger partial charge on any atom is 0.133 e. The normalized spacial score (nSPS) is 20.1. The molecule has 0 aromatic heterocycles. The Labute approximate surface area is 87.5 Å². The molecule has 14 heavy (non-hydrogen) atoms. The number of hydrogen-bond acceptors (Lipinski definition) is 4. The fraction of sp³-hybridized carbons (Fsp3) is 0.200. The van der Waals surface area contributed by atoms with Crippen molar-refractivity contribution >= 4 is 17.4 Å². The molecular formula is C10H12N2OS. The molecule has 1 aliphatic rings. The zero-order chi connectivity index (χ0) is 9.97. The van der Waals surface area contributed by atoms with E-state index in [0.717, 1.165) is 11.4 Å². The first-order valence-corrected chi connectivity index (χ1v) is 5.25. The summed E-state index contributed by atoms with van der Waals surface area (Å²) in [6.07, 6.45) is 1.98. The van der Waals surface area contributed by atoms with Gasteiger partial charge in [-0.3, -0.25) is 0 Å². The van der Waals surface area contributed by atoms with Crippen LogP contribution in [0.4, 0.5) is 5.69 Å². The van der Waals surface area contributed by atoms with E-state index >= 15 is 0 Å². The Bertz CT molecular complexity index is 336. The summed E-state index contributed by atoms with van der Waals surface area (Å²) in [7, 11) is 1.66. The molecular weight excluding hydrogens is 196 g/mol. The summed E-state index contributed by atoms with van der Waals surface area (Å²) in [6.45, 7) is 0. The zero-order valence-corrected chi connectivity index (χ0v) is 8.70. The van der Waals surface area contributed by atoms with Crippen LogP contribution in [0.1, 0.15) is 0 Å². The van der Waals surface area contributed by atoms with Crippen LogP contribution in [0.25, 0.3) is 0 Å². The minimum absolute atomic E-state index is 0.0107. The van der Waals surface area contributed by atoms with Gasteiger partial charge in [-0.05, 0) is 29.7 Å². The number of rotatable bonds is 2. The molecule has 0 saturated carbocycles. The molecule has 1 heterocycles. The van der Waals surface area contributed by atoms with E-state index < -0.39 is 0 Å². The van der Waals surface area contributed by atoms with Crippen LogP contribution in [0.5, 0.6) is 5.75 Å². The Balaban J connectivity index is 2.20. The van der Waals surface area contributed by atoms with Gasteiger partial charge in [-0.2, -0.15) is 0 Å². The highest BCUT2D eigenvalue weighted by atomic mass is 32.2. The minimum atomic E-state index is -0.0107. The lowest BCUT2D eigenvalue weighted by Gasteiger charge is -2.21. The summed E-state index contributed by atoms with van der Waals surface area (Å²) in [5.41, 5.74) is 6.95. The molecule has 1 atom stereocenters. The Kier molecular flexibility index (Phi) is 2.65. The molecule has 4 heteroatoms. The van der Waals surface area contributed by atoms with Crippen molar-refractivity contribution in [3.05, 3.63) is 35.9 Å². The number of nitrogens with zero attached hydrogens (tertiary/aromatic N) is 1. The van der Waals surface area contributed by atoms with Crippen LogP contribution in [0, 0.1) is 0 Å². The number of anilines is 1. The molecule has 0 amide bonds. The smallest absolute Gasteiger partial charge is 0.133 e. The van der Waals surface area contributed by atoms with Crippen LogP contribution in [0.15, 0.2) is 35.9 Å². The highest BCUT2D eigenvalue weighted by Crippen LogP contribution is 2.28. The Hall–Kier alpha value is -1.13. The Morgan fingerprint density at radius 3 is 2.57 bits per heavy atom. The first-order valence-electron chi connectivity index (χ1n) is 4.31. The summed E-state index contributed by atoms with van der Waals surface area (Å²) in [6, 6.07) is 7.85. The molecule has 0 bridgehead atoms. The topological polar surface area (TPSA) is 38.5 Å². The van der Waals surface area contributed by atoms with Crippen molar-refractivity contribution in [3.8, 4) is 5.75 Å². The van der Waals surface area contributed by atoms with Gasteiger partial charge in [0.25, 0.3) is 0 Å². The summed E-state index contributed by atoms with van der Waals surface area (Å²) in [4.78, 5) is 2.02. The number of methoxy groups -OCH3 is 1. The standard InChI is InChI=1S/C10H12N2OS/c1-13-9-4-2-8(3-5-9)12-6-7-14-10(12)11/h2-7,10H,11H2,1H3. The van der Waals surface area contributed by atoms with Gasteiger partial charge in [0, 0.05) is 11.9 Å². The van der Waals surface area contributed by atoms with Gasteiger partial charge < -0.3 is 15.4 Å². The first-order chi connectivity index (χ1) is 6.81. The van der Waals surface area contributed by atoms with Gasteiger partial charge in [0.15, 0.2) is 0 Å². The SMILES string of the molecule is COc1ccc(N2C=CSC2N)cc1. The van der Waals surface area contributed by atoms with E-state index in [1.165, 1.54) is 0 Å². The molecule has 0 fully saturated rings. The third-order valence-corrected chi connectivity index (χ3v) is 2.87. The van der Waals surface area contributed by atoms with Gasteiger partial charge >= 0.3 is 0 Å². The van der Waals surface area contributed by atoms with Crippen LogP contribution in [0.2, 0.25) is 0 Å². The van der Waals surface area contributed by atoms with Crippen molar-refractivity contribution in [1.29, 1.82) is 0 Å². The van der Waals surface area contributed by atoms with Crippen molar-refractivity contribution < 1.29 is 4.74 Å². The fourth-order valence-corrected chi connectivity index (χ4v) is 2.00. The summed E-state index contributed by atoms with van der Waals surface area (Å²) < 4.78 is 5.09. The molecule has 0 radical (unpaired) electrons. The molecule has 74 valence electrons. The third-order valence-electron chi connectivity index (χ3n) is 2.08. The Morgan fingerprint density at radius 1 is 1.36 bits per heavy atom. The summed E-state index contributed by atoms with van der Waals surface area (Å²) in [5, 5.41) is 1.99. The van der Waals surface area contributed by atoms with Gasteiger partial charge in [0.05, 0.1) is 7.11 Å². The molecule has 0 aliphatic carbocycles. The largest absolute Gasteiger partial charge is 0.497 e. The zero-order valence-electron chi connectivity index (χ0n) is 7.88. The first kappa shape index (κ1) is 9.43. The molecule has 1 aromatic rings. The number of hydrogen-bond donors (Lipinski definition) is 1. The average molecular weight is 208 g/mol. The molecule has 2 rings (SSSR count). The van der Waals surface area contributed by atoms with E-state index in [4.69, 9.17) is 10.5 Å². The fourth-order valence-electron chi connectivity index (χ4n) is 1.32. The van der Waals surface area contributed by atoms with Crippen LogP contribution in [-0.4, -0.2) is 12.6 Å². The maximum atomic E-state index is 5.88. The predicted molar refractivity (Wildman–Crippen MR) is 60.2 cm³/mol. The second kappa shape index (κ2) is 3.94. The van der Waals surface area contributed by atoms with Crippen molar-refractivity contribution in [3.63, 3.8) is 0 Å². The van der Waals surface area contributed by atoms with Gasteiger partial charge in [-0.15, -0.1) is 0 Å². The van der Waals surface area contributed by atoms with Gasteiger partial charge in [-0.25, -0.2) is 0 Å². The molecule has 2 N–H and O–H groups in total. The molecule has 1 aliphatic heterocycles. The highest BCUT2D eigenvalue weighted by Gasteiger charge is 2.16. The van der Waals surface area contributed by atoms with E-state index in [2.05, 4.69) is 0 Å². The van der Waals surface area contributed by atoms with Gasteiger partial charge in [-0.1, -0.05) is 11.8 Å². The number of thioether (sulfide) groups is 1. The molecule has 1 aromatic carbocycles. The number of nitrogens with two attached hydrogens (primary N) is 1. The molecule has 1 unspecified atom stereocenters. The van der Waals surface area contributed by atoms with Crippen LogP contribution >= 0.6 is 11.8 Å². The van der Waals surface area contributed by atoms with Crippen LogP contribution in [0.3, 0.4) is 0 Å². The highest BCUT2D eigenvalue weighted by molar-refractivity contribution is 8.03. The maximum absolute atomic E-state index is 5.88. The molecule has 3 nitrogen and oxygen atoms in total. The van der Waals surface area contributed by atoms with E-state index in [1.54, 1.807) is 18.9 Å². The average Bonchev–Trinajstić information content (AvgIpc) is 2.65. The summed E-state index contributed by atoms with van der Waals surface area (Å²) >= 11 is 1.60. The monoisotopic (exact) mass is 208 g/mol. The van der Waals surface area contributed by atoms with E-state index in [1.807, 2.05) is 40.8 Å². The van der Waals surface area contributed by atoms with Crippen molar-refractivity contribution in [2.75, 3.05) is 12.0 Å². The van der Waals surface area contributed by atoms with Crippen LogP contribution in [-0.2, 0) is 0 Å². The quantitative estimate of drug-likeness (QED) is 0.806. The lowest BCUT2D eigenvalue weighted by Crippen LogP contribution is -2.31. The Morgan fingerprint density at radius 2 is 2.07 bits per heavy atom. The number of benzene rings is 1. The van der Waals surface area contributed by atoms with Crippen molar-refractivity contribution in [2.24, 2.45) is 5.73 Å². The third kappa shape index (κ3) is 1.71. The predicted octanol–water partition coefficient (Wildman–Crippen LogP) is 1.96. The van der Waals surface area contributed by atoms with Gasteiger partial charge in [0.2, 0.25) is 0 Å². The molecule has 0 saturated heterocycles. The second-order valence-electron chi connectivity index (χ2n) is 2.92. The van der Waals surface area contributed by atoms with Crippen LogP contribution < -0.4 is 15.4 Å². The van der Waals surface area contributed by atoms with Crippen molar-refractivity contribution in [2.45, 2.75) is 5.50 Å². The summed E-state index contributed by atoms with van der Waals surface area (Å²) in [5.74, 6) is 0.859. The number of ether oxygens (including phenoxy) is 1.